The van der Waals surface area contributed by atoms with Gasteiger partial charge in [0.25, 0.3) is 0 Å². The Labute approximate surface area is 148 Å². The van der Waals surface area contributed by atoms with Gasteiger partial charge in [0.1, 0.15) is 6.54 Å². The van der Waals surface area contributed by atoms with Crippen LogP contribution in [0.3, 0.4) is 0 Å². The summed E-state index contributed by atoms with van der Waals surface area (Å²) in [5.74, 6) is -0.666. The van der Waals surface area contributed by atoms with Crippen LogP contribution in [0.1, 0.15) is 6.92 Å². The number of benzene rings is 2. The minimum Gasteiger partial charge on any atom is -0.324 e. The van der Waals surface area contributed by atoms with Gasteiger partial charge in [-0.05, 0) is 30.3 Å². The Morgan fingerprint density at radius 2 is 1.70 bits per heavy atom. The number of amides is 2. The van der Waals surface area contributed by atoms with Crippen molar-refractivity contribution < 1.29 is 9.59 Å². The Bertz CT molecular complexity index is 750. The molecule has 120 valence electrons. The number of carbonyl (C=O) groups is 2. The standard InChI is InChI=1S/C16H13Cl3N2O2/c1-10(22)21(15-5-3-2-4-13(15)18)9-16(23)20-11-6-7-12(17)14(19)8-11/h2-8H,9H2,1H3,(H,20,23). The first-order chi connectivity index (χ1) is 10.9. The lowest BCUT2D eigenvalue weighted by Gasteiger charge is -2.21. The smallest absolute Gasteiger partial charge is 0.244 e. The summed E-state index contributed by atoms with van der Waals surface area (Å²) in [6.45, 7) is 1.20. The van der Waals surface area contributed by atoms with Crippen LogP contribution in [0.25, 0.3) is 0 Å². The van der Waals surface area contributed by atoms with E-state index in [1.165, 1.54) is 17.9 Å². The van der Waals surface area contributed by atoms with Gasteiger partial charge in [-0.1, -0.05) is 46.9 Å². The Hall–Kier alpha value is -1.75. The number of rotatable bonds is 4. The minimum atomic E-state index is -0.376. The maximum Gasteiger partial charge on any atom is 0.244 e. The lowest BCUT2D eigenvalue weighted by Crippen LogP contribution is -2.36. The minimum absolute atomic E-state index is 0.167. The third kappa shape index (κ3) is 4.61. The van der Waals surface area contributed by atoms with E-state index in [1.807, 2.05) is 0 Å². The van der Waals surface area contributed by atoms with Gasteiger partial charge in [0.05, 0.1) is 20.8 Å². The largest absolute Gasteiger partial charge is 0.324 e. The van der Waals surface area contributed by atoms with Crippen LogP contribution in [0.5, 0.6) is 0 Å². The monoisotopic (exact) mass is 370 g/mol. The lowest BCUT2D eigenvalue weighted by atomic mass is 10.2. The SMILES string of the molecule is CC(=O)N(CC(=O)Nc1ccc(Cl)c(Cl)c1)c1ccccc1Cl. The second-order valence-corrected chi connectivity index (χ2v) is 5.96. The average molecular weight is 372 g/mol. The van der Waals surface area contributed by atoms with E-state index in [0.717, 1.165) is 0 Å². The van der Waals surface area contributed by atoms with Crippen LogP contribution in [0.15, 0.2) is 42.5 Å². The van der Waals surface area contributed by atoms with Crippen molar-refractivity contribution in [2.45, 2.75) is 6.92 Å². The molecule has 0 bridgehead atoms. The molecule has 7 heteroatoms. The fourth-order valence-corrected chi connectivity index (χ4v) is 2.49. The molecule has 4 nitrogen and oxygen atoms in total. The van der Waals surface area contributed by atoms with Crippen LogP contribution in [0, 0.1) is 0 Å². The van der Waals surface area contributed by atoms with Crippen molar-refractivity contribution in [1.29, 1.82) is 0 Å². The first kappa shape index (κ1) is 17.6. The summed E-state index contributed by atoms with van der Waals surface area (Å²) >= 11 is 17.8. The van der Waals surface area contributed by atoms with Crippen molar-refractivity contribution in [2.75, 3.05) is 16.8 Å². The molecule has 2 aromatic carbocycles. The molecular weight excluding hydrogens is 359 g/mol. The van der Waals surface area contributed by atoms with Crippen molar-refractivity contribution in [1.82, 2.24) is 0 Å². The molecule has 0 fully saturated rings. The summed E-state index contributed by atoms with van der Waals surface area (Å²) in [5, 5.41) is 3.79. The number of para-hydroxylation sites is 1. The molecule has 0 aliphatic carbocycles. The van der Waals surface area contributed by atoms with Crippen molar-refractivity contribution in [3.8, 4) is 0 Å². The van der Waals surface area contributed by atoms with Crippen LogP contribution in [-0.2, 0) is 9.59 Å². The fraction of sp³-hybridized carbons (Fsp3) is 0.125. The summed E-state index contributed by atoms with van der Waals surface area (Å²) in [6, 6.07) is 11.6. The molecule has 2 rings (SSSR count). The Morgan fingerprint density at radius 1 is 1.00 bits per heavy atom. The van der Waals surface area contributed by atoms with Crippen LogP contribution >= 0.6 is 34.8 Å². The molecule has 1 N–H and O–H groups in total. The predicted molar refractivity (Wildman–Crippen MR) is 94.6 cm³/mol. The van der Waals surface area contributed by atoms with Gasteiger partial charge in [-0.15, -0.1) is 0 Å². The highest BCUT2D eigenvalue weighted by Gasteiger charge is 2.18. The molecule has 23 heavy (non-hydrogen) atoms. The normalized spacial score (nSPS) is 10.3. The average Bonchev–Trinajstić information content (AvgIpc) is 2.49. The van der Waals surface area contributed by atoms with Gasteiger partial charge in [0.2, 0.25) is 11.8 Å². The summed E-state index contributed by atoms with van der Waals surface area (Å²) in [4.78, 5) is 25.3. The molecule has 0 aromatic heterocycles. The summed E-state index contributed by atoms with van der Waals surface area (Å²) in [5.41, 5.74) is 0.970. The zero-order chi connectivity index (χ0) is 17.0. The Kier molecular flexibility index (Phi) is 5.88. The van der Waals surface area contributed by atoms with E-state index >= 15 is 0 Å². The fourth-order valence-electron chi connectivity index (χ4n) is 1.95. The maximum atomic E-state index is 12.2. The zero-order valence-electron chi connectivity index (χ0n) is 12.1. The maximum absolute atomic E-state index is 12.2. The molecule has 2 aromatic rings. The van der Waals surface area contributed by atoms with Crippen molar-refractivity contribution in [2.24, 2.45) is 0 Å². The van der Waals surface area contributed by atoms with Gasteiger partial charge in [-0.3, -0.25) is 9.59 Å². The van der Waals surface area contributed by atoms with Gasteiger partial charge >= 0.3 is 0 Å². The third-order valence-electron chi connectivity index (χ3n) is 3.03. The van der Waals surface area contributed by atoms with E-state index in [9.17, 15) is 9.59 Å². The second-order valence-electron chi connectivity index (χ2n) is 4.73. The van der Waals surface area contributed by atoms with Crippen molar-refractivity contribution in [3.63, 3.8) is 0 Å². The molecule has 0 heterocycles. The molecule has 0 unspecified atom stereocenters. The summed E-state index contributed by atoms with van der Waals surface area (Å²) in [7, 11) is 0. The molecule has 0 spiro atoms. The van der Waals surface area contributed by atoms with Crippen molar-refractivity contribution >= 4 is 58.0 Å². The molecule has 0 aliphatic rings. The number of hydrogen-bond acceptors (Lipinski definition) is 2. The van der Waals surface area contributed by atoms with Crippen molar-refractivity contribution in [3.05, 3.63) is 57.5 Å². The quantitative estimate of drug-likeness (QED) is 0.851. The molecule has 0 atom stereocenters. The molecule has 0 radical (unpaired) electrons. The number of nitrogens with one attached hydrogen (secondary N) is 1. The lowest BCUT2D eigenvalue weighted by molar-refractivity contribution is -0.120. The molecule has 0 aliphatic heterocycles. The molecular formula is C16H13Cl3N2O2. The number of anilines is 2. The van der Waals surface area contributed by atoms with E-state index in [4.69, 9.17) is 34.8 Å². The Morgan fingerprint density at radius 3 is 2.30 bits per heavy atom. The highest BCUT2D eigenvalue weighted by Crippen LogP contribution is 2.26. The van der Waals surface area contributed by atoms with Crippen LogP contribution in [0.4, 0.5) is 11.4 Å². The number of nitrogens with zero attached hydrogens (tertiary/aromatic N) is 1. The van der Waals surface area contributed by atoms with E-state index in [-0.39, 0.29) is 18.4 Å². The Balaban J connectivity index is 2.14. The van der Waals surface area contributed by atoms with Crippen LogP contribution in [0.2, 0.25) is 15.1 Å². The van der Waals surface area contributed by atoms with Gasteiger partial charge in [-0.2, -0.15) is 0 Å². The second kappa shape index (κ2) is 7.68. The van der Waals surface area contributed by atoms with Gasteiger partial charge in [-0.25, -0.2) is 0 Å². The molecule has 2 amide bonds. The highest BCUT2D eigenvalue weighted by molar-refractivity contribution is 6.42. The first-order valence-corrected chi connectivity index (χ1v) is 7.79. The third-order valence-corrected chi connectivity index (χ3v) is 4.09. The van der Waals surface area contributed by atoms with Gasteiger partial charge in [0.15, 0.2) is 0 Å². The van der Waals surface area contributed by atoms with E-state index < -0.39 is 0 Å². The molecule has 0 saturated carbocycles. The van der Waals surface area contributed by atoms with E-state index in [2.05, 4.69) is 5.32 Å². The van der Waals surface area contributed by atoms with Crippen LogP contribution < -0.4 is 10.2 Å². The van der Waals surface area contributed by atoms with E-state index in [0.29, 0.717) is 26.4 Å². The first-order valence-electron chi connectivity index (χ1n) is 6.66. The number of hydrogen-bond donors (Lipinski definition) is 1. The van der Waals surface area contributed by atoms with Gasteiger partial charge in [0, 0.05) is 12.6 Å². The number of carbonyl (C=O) groups excluding carboxylic acids is 2. The highest BCUT2D eigenvalue weighted by atomic mass is 35.5. The summed E-state index contributed by atoms with van der Waals surface area (Å²) in [6.07, 6.45) is 0. The van der Waals surface area contributed by atoms with E-state index in [1.54, 1.807) is 36.4 Å². The predicted octanol–water partition coefficient (Wildman–Crippen LogP) is 4.64. The van der Waals surface area contributed by atoms with Gasteiger partial charge < -0.3 is 10.2 Å². The molecule has 0 saturated heterocycles. The number of halogens is 3. The zero-order valence-corrected chi connectivity index (χ0v) is 14.4. The topological polar surface area (TPSA) is 49.4 Å². The summed E-state index contributed by atoms with van der Waals surface area (Å²) < 4.78 is 0. The van der Waals surface area contributed by atoms with Crippen LogP contribution in [-0.4, -0.2) is 18.4 Å².